The SMILES string of the molecule is CCn1nc(C)c2nc(N)n(C(C)CC(N)=O)c21. The summed E-state index contributed by atoms with van der Waals surface area (Å²) in [7, 11) is 0. The fourth-order valence-corrected chi connectivity index (χ4v) is 2.24. The summed E-state index contributed by atoms with van der Waals surface area (Å²) >= 11 is 0. The molecular weight excluding hydrogens is 232 g/mol. The van der Waals surface area contributed by atoms with Crippen LogP contribution < -0.4 is 11.5 Å². The maximum atomic E-state index is 11.0. The van der Waals surface area contributed by atoms with Gasteiger partial charge in [0.2, 0.25) is 11.9 Å². The van der Waals surface area contributed by atoms with Crippen LogP contribution in [0.4, 0.5) is 5.95 Å². The van der Waals surface area contributed by atoms with Crippen LogP contribution in [0.5, 0.6) is 0 Å². The Balaban J connectivity index is 2.61. The van der Waals surface area contributed by atoms with Gasteiger partial charge in [0.1, 0.15) is 5.52 Å². The number of primary amides is 1. The zero-order chi connectivity index (χ0) is 13.4. The average molecular weight is 250 g/mol. The molecule has 0 saturated carbocycles. The van der Waals surface area contributed by atoms with Crippen LogP contribution >= 0.6 is 0 Å². The molecule has 98 valence electrons. The minimum Gasteiger partial charge on any atom is -0.370 e. The van der Waals surface area contributed by atoms with E-state index in [1.807, 2.05) is 30.0 Å². The van der Waals surface area contributed by atoms with Gasteiger partial charge in [-0.1, -0.05) is 0 Å². The quantitative estimate of drug-likeness (QED) is 0.827. The molecule has 1 atom stereocenters. The zero-order valence-corrected chi connectivity index (χ0v) is 10.8. The number of hydrogen-bond donors (Lipinski definition) is 2. The van der Waals surface area contributed by atoms with Crippen LogP contribution in [0.3, 0.4) is 0 Å². The van der Waals surface area contributed by atoms with Crippen molar-refractivity contribution in [2.45, 2.75) is 39.8 Å². The molecule has 7 heteroatoms. The van der Waals surface area contributed by atoms with Crippen molar-refractivity contribution in [3.63, 3.8) is 0 Å². The van der Waals surface area contributed by atoms with E-state index in [1.165, 1.54) is 0 Å². The summed E-state index contributed by atoms with van der Waals surface area (Å²) in [5.74, 6) is 0.0319. The van der Waals surface area contributed by atoms with Crippen LogP contribution in [0.25, 0.3) is 11.2 Å². The number of amides is 1. The molecule has 1 amide bonds. The smallest absolute Gasteiger partial charge is 0.219 e. The number of aromatic nitrogens is 4. The number of nitrogens with zero attached hydrogens (tertiary/aromatic N) is 4. The first-order chi connectivity index (χ1) is 8.45. The number of hydrogen-bond acceptors (Lipinski definition) is 4. The molecule has 0 bridgehead atoms. The molecule has 0 aliphatic heterocycles. The summed E-state index contributed by atoms with van der Waals surface area (Å²) in [5.41, 5.74) is 13.6. The number of fused-ring (bicyclic) bond motifs is 1. The molecule has 2 heterocycles. The van der Waals surface area contributed by atoms with Crippen LogP contribution in [-0.4, -0.2) is 25.2 Å². The highest BCUT2D eigenvalue weighted by atomic mass is 16.1. The van der Waals surface area contributed by atoms with Crippen LogP contribution in [0, 0.1) is 6.92 Å². The summed E-state index contributed by atoms with van der Waals surface area (Å²) < 4.78 is 3.66. The Labute approximate surface area is 105 Å². The van der Waals surface area contributed by atoms with Crippen molar-refractivity contribution < 1.29 is 4.79 Å². The monoisotopic (exact) mass is 250 g/mol. The minimum absolute atomic E-state index is 0.131. The van der Waals surface area contributed by atoms with Crippen LogP contribution in [-0.2, 0) is 11.3 Å². The van der Waals surface area contributed by atoms with Crippen LogP contribution in [0.15, 0.2) is 0 Å². The van der Waals surface area contributed by atoms with Gasteiger partial charge in [-0.25, -0.2) is 9.67 Å². The summed E-state index contributed by atoms with van der Waals surface area (Å²) in [5, 5.41) is 4.39. The van der Waals surface area contributed by atoms with Crippen molar-refractivity contribution in [3.05, 3.63) is 5.69 Å². The highest BCUT2D eigenvalue weighted by Crippen LogP contribution is 2.26. The highest BCUT2D eigenvalue weighted by molar-refractivity contribution is 5.79. The van der Waals surface area contributed by atoms with Crippen molar-refractivity contribution in [1.29, 1.82) is 0 Å². The molecule has 0 aliphatic carbocycles. The number of aryl methyl sites for hydroxylation is 2. The molecule has 0 fully saturated rings. The Morgan fingerprint density at radius 2 is 2.17 bits per heavy atom. The van der Waals surface area contributed by atoms with E-state index in [2.05, 4.69) is 10.1 Å². The van der Waals surface area contributed by atoms with E-state index in [-0.39, 0.29) is 18.4 Å². The molecule has 0 aromatic carbocycles. The fraction of sp³-hybridized carbons (Fsp3) is 0.545. The van der Waals surface area contributed by atoms with Crippen molar-refractivity contribution in [2.75, 3.05) is 5.73 Å². The molecule has 0 saturated heterocycles. The first-order valence-electron chi connectivity index (χ1n) is 5.94. The molecular formula is C11H18N6O. The second-order valence-corrected chi connectivity index (χ2v) is 4.43. The van der Waals surface area contributed by atoms with Gasteiger partial charge >= 0.3 is 0 Å². The number of rotatable bonds is 4. The first-order valence-corrected chi connectivity index (χ1v) is 5.94. The standard InChI is InChI=1S/C11H18N6O/c1-4-16-10-9(7(3)15-16)14-11(13)17(10)6(2)5-8(12)18/h6H,4-5H2,1-3H3,(H2,12,18)(H2,13,14). The Morgan fingerprint density at radius 3 is 2.72 bits per heavy atom. The maximum Gasteiger partial charge on any atom is 0.219 e. The van der Waals surface area contributed by atoms with Crippen molar-refractivity contribution in [1.82, 2.24) is 19.3 Å². The Hall–Kier alpha value is -2.05. The lowest BCUT2D eigenvalue weighted by Gasteiger charge is -2.14. The molecule has 2 aromatic heterocycles. The number of nitrogens with two attached hydrogens (primary N) is 2. The summed E-state index contributed by atoms with van der Waals surface area (Å²) in [4.78, 5) is 15.4. The van der Waals surface area contributed by atoms with E-state index in [4.69, 9.17) is 11.5 Å². The predicted molar refractivity (Wildman–Crippen MR) is 68.9 cm³/mol. The van der Waals surface area contributed by atoms with Gasteiger partial charge in [-0.2, -0.15) is 5.10 Å². The van der Waals surface area contributed by atoms with E-state index >= 15 is 0 Å². The predicted octanol–water partition coefficient (Wildman–Crippen LogP) is 0.580. The van der Waals surface area contributed by atoms with Gasteiger partial charge in [0.25, 0.3) is 0 Å². The average Bonchev–Trinajstić information content (AvgIpc) is 2.75. The van der Waals surface area contributed by atoms with E-state index in [0.717, 1.165) is 23.4 Å². The van der Waals surface area contributed by atoms with Gasteiger partial charge in [0, 0.05) is 19.0 Å². The van der Waals surface area contributed by atoms with E-state index in [1.54, 1.807) is 0 Å². The van der Waals surface area contributed by atoms with Gasteiger partial charge in [-0.15, -0.1) is 0 Å². The lowest BCUT2D eigenvalue weighted by molar-refractivity contribution is -0.118. The molecule has 0 aliphatic rings. The van der Waals surface area contributed by atoms with Gasteiger partial charge in [0.05, 0.1) is 5.69 Å². The molecule has 0 radical (unpaired) electrons. The van der Waals surface area contributed by atoms with Gasteiger partial charge in [0.15, 0.2) is 5.65 Å². The maximum absolute atomic E-state index is 11.0. The van der Waals surface area contributed by atoms with Crippen molar-refractivity contribution >= 4 is 23.0 Å². The molecule has 2 aromatic rings. The Morgan fingerprint density at radius 1 is 1.50 bits per heavy atom. The third-order valence-electron chi connectivity index (χ3n) is 3.01. The second-order valence-electron chi connectivity index (χ2n) is 4.43. The van der Waals surface area contributed by atoms with Gasteiger partial charge < -0.3 is 11.5 Å². The summed E-state index contributed by atoms with van der Waals surface area (Å²) in [6.07, 6.45) is 0.226. The molecule has 2 rings (SSSR count). The largest absolute Gasteiger partial charge is 0.370 e. The molecule has 1 unspecified atom stereocenters. The van der Waals surface area contributed by atoms with Gasteiger partial charge in [-0.3, -0.25) is 9.36 Å². The number of nitrogen functional groups attached to an aromatic ring is 1. The summed E-state index contributed by atoms with van der Waals surface area (Å²) in [6.45, 7) is 6.51. The number of carbonyl (C=O) groups is 1. The zero-order valence-electron chi connectivity index (χ0n) is 10.8. The van der Waals surface area contributed by atoms with Crippen LogP contribution in [0.1, 0.15) is 32.0 Å². The Kier molecular flexibility index (Phi) is 2.98. The van der Waals surface area contributed by atoms with Crippen molar-refractivity contribution in [2.24, 2.45) is 5.73 Å². The fourth-order valence-electron chi connectivity index (χ4n) is 2.24. The molecule has 7 nitrogen and oxygen atoms in total. The van der Waals surface area contributed by atoms with E-state index in [9.17, 15) is 4.79 Å². The lowest BCUT2D eigenvalue weighted by Crippen LogP contribution is -2.19. The normalized spacial score (nSPS) is 13.1. The van der Waals surface area contributed by atoms with Gasteiger partial charge in [-0.05, 0) is 20.8 Å². The third kappa shape index (κ3) is 1.81. The second kappa shape index (κ2) is 4.32. The van der Waals surface area contributed by atoms with Crippen LogP contribution in [0.2, 0.25) is 0 Å². The Bertz CT molecular complexity index is 596. The van der Waals surface area contributed by atoms with E-state index < -0.39 is 0 Å². The molecule has 4 N–H and O–H groups in total. The van der Waals surface area contributed by atoms with E-state index in [0.29, 0.717) is 5.95 Å². The first kappa shape index (κ1) is 12.4. The number of imidazole rings is 1. The minimum atomic E-state index is -0.358. The number of anilines is 1. The molecule has 0 spiro atoms. The lowest BCUT2D eigenvalue weighted by atomic mass is 10.2. The topological polar surface area (TPSA) is 105 Å². The number of carbonyl (C=O) groups excluding carboxylic acids is 1. The van der Waals surface area contributed by atoms with Crippen molar-refractivity contribution in [3.8, 4) is 0 Å². The highest BCUT2D eigenvalue weighted by Gasteiger charge is 2.21. The third-order valence-corrected chi connectivity index (χ3v) is 3.01. The summed E-state index contributed by atoms with van der Waals surface area (Å²) in [6, 6.07) is -0.131. The molecule has 18 heavy (non-hydrogen) atoms.